The molecule has 3 aliphatic rings. The Hall–Kier alpha value is -1.94. The lowest BCUT2D eigenvalue weighted by Gasteiger charge is -2.40. The first-order chi connectivity index (χ1) is 11.1. The molecule has 1 saturated heterocycles. The largest absolute Gasteiger partial charge is 0.423 e. The average molecular weight is 316 g/mol. The molecule has 4 rings (SSSR count). The van der Waals surface area contributed by atoms with Gasteiger partial charge in [-0.05, 0) is 19.3 Å². The summed E-state index contributed by atoms with van der Waals surface area (Å²) in [4.78, 5) is 14.5. The highest BCUT2D eigenvalue weighted by Crippen LogP contribution is 2.72. The van der Waals surface area contributed by atoms with Crippen molar-refractivity contribution in [1.82, 2.24) is 15.1 Å². The van der Waals surface area contributed by atoms with E-state index in [1.54, 1.807) is 11.8 Å². The number of likely N-dealkylation sites (tertiary alicyclic amines) is 1. The molecule has 1 amide bonds. The first kappa shape index (κ1) is 14.6. The van der Waals surface area contributed by atoms with Gasteiger partial charge >= 0.3 is 0 Å². The monoisotopic (exact) mass is 316 g/mol. The zero-order chi connectivity index (χ0) is 16.1. The van der Waals surface area contributed by atoms with Gasteiger partial charge in [0.25, 0.3) is 0 Å². The van der Waals surface area contributed by atoms with Crippen molar-refractivity contribution in [3.05, 3.63) is 11.8 Å². The van der Waals surface area contributed by atoms with Crippen LogP contribution in [0.4, 0.5) is 0 Å². The maximum absolute atomic E-state index is 12.7. The van der Waals surface area contributed by atoms with E-state index < -0.39 is 5.41 Å². The molecule has 1 aromatic heterocycles. The predicted octanol–water partition coefficient (Wildman–Crippen LogP) is 1.58. The van der Waals surface area contributed by atoms with Crippen LogP contribution in [-0.2, 0) is 16.1 Å². The third kappa shape index (κ3) is 2.16. The van der Waals surface area contributed by atoms with Crippen molar-refractivity contribution in [2.75, 3.05) is 13.1 Å². The number of carbonyl (C=O) groups is 1. The Bertz CT molecular complexity index is 667. The molecule has 1 unspecified atom stereocenters. The number of nitrogens with zero attached hydrogens (tertiary/aromatic N) is 4. The quantitative estimate of drug-likeness (QED) is 0.837. The molecular weight excluding hydrogens is 296 g/mol. The van der Waals surface area contributed by atoms with Crippen molar-refractivity contribution >= 4 is 5.91 Å². The van der Waals surface area contributed by atoms with Gasteiger partial charge in [-0.25, -0.2) is 0 Å². The molecule has 23 heavy (non-hydrogen) atoms. The lowest BCUT2D eigenvalue weighted by molar-refractivity contribution is -0.151. The Morgan fingerprint density at radius 2 is 2.17 bits per heavy atom. The van der Waals surface area contributed by atoms with Crippen molar-refractivity contribution in [3.8, 4) is 6.07 Å². The molecule has 0 aromatic carbocycles. The molecule has 0 bridgehead atoms. The van der Waals surface area contributed by atoms with E-state index in [-0.39, 0.29) is 24.0 Å². The van der Waals surface area contributed by atoms with Crippen LogP contribution in [0.25, 0.3) is 0 Å². The number of carbonyl (C=O) groups excluding carboxylic acids is 1. The van der Waals surface area contributed by atoms with Gasteiger partial charge in [0.2, 0.25) is 17.7 Å². The van der Waals surface area contributed by atoms with E-state index in [1.165, 1.54) is 0 Å². The number of nitriles is 1. The lowest BCUT2D eigenvalue weighted by atomic mass is 9.90. The van der Waals surface area contributed by atoms with E-state index in [0.29, 0.717) is 24.9 Å². The van der Waals surface area contributed by atoms with E-state index in [1.807, 2.05) is 0 Å². The first-order valence-corrected chi connectivity index (χ1v) is 8.20. The summed E-state index contributed by atoms with van der Waals surface area (Å²) < 4.78 is 10.9. The molecular formula is C16H20N4O3. The summed E-state index contributed by atoms with van der Waals surface area (Å²) in [5.74, 6) is 0.976. The molecule has 3 fully saturated rings. The Morgan fingerprint density at radius 3 is 2.78 bits per heavy atom. The van der Waals surface area contributed by atoms with Gasteiger partial charge in [0.15, 0.2) is 0 Å². The normalized spacial score (nSPS) is 28.6. The van der Waals surface area contributed by atoms with Crippen molar-refractivity contribution in [1.29, 1.82) is 5.26 Å². The number of aryl methyl sites for hydroxylation is 1. The fraction of sp³-hybridized carbons (Fsp3) is 0.750. The van der Waals surface area contributed by atoms with E-state index in [0.717, 1.165) is 32.1 Å². The number of ether oxygens (including phenoxy) is 1. The van der Waals surface area contributed by atoms with Crippen molar-refractivity contribution in [3.63, 3.8) is 0 Å². The minimum Gasteiger partial charge on any atom is -0.423 e. The van der Waals surface area contributed by atoms with Crippen LogP contribution in [0.1, 0.15) is 43.9 Å². The van der Waals surface area contributed by atoms with Crippen molar-refractivity contribution in [2.24, 2.45) is 10.8 Å². The summed E-state index contributed by atoms with van der Waals surface area (Å²) in [6, 6.07) is 2.34. The molecule has 1 aliphatic heterocycles. The Morgan fingerprint density at radius 1 is 1.43 bits per heavy atom. The third-order valence-electron chi connectivity index (χ3n) is 5.65. The maximum atomic E-state index is 12.7. The highest BCUT2D eigenvalue weighted by Gasteiger charge is 2.74. The minimum absolute atomic E-state index is 0.00962. The molecule has 0 N–H and O–H groups in total. The van der Waals surface area contributed by atoms with Gasteiger partial charge in [0.1, 0.15) is 12.0 Å². The fourth-order valence-corrected chi connectivity index (χ4v) is 4.19. The molecule has 7 nitrogen and oxygen atoms in total. The lowest BCUT2D eigenvalue weighted by Crippen LogP contribution is -2.57. The zero-order valence-electron chi connectivity index (χ0n) is 13.2. The number of rotatable bonds is 4. The van der Waals surface area contributed by atoms with Gasteiger partial charge in [0, 0.05) is 25.4 Å². The predicted molar refractivity (Wildman–Crippen MR) is 77.8 cm³/mol. The van der Waals surface area contributed by atoms with Crippen LogP contribution in [0.5, 0.6) is 0 Å². The van der Waals surface area contributed by atoms with Crippen molar-refractivity contribution in [2.45, 2.75) is 51.7 Å². The molecule has 0 radical (unpaired) electrons. The molecule has 1 atom stereocenters. The van der Waals surface area contributed by atoms with Crippen LogP contribution >= 0.6 is 0 Å². The maximum Gasteiger partial charge on any atom is 0.243 e. The number of hydrogen-bond donors (Lipinski definition) is 0. The summed E-state index contributed by atoms with van der Waals surface area (Å²) in [6.45, 7) is 3.09. The minimum atomic E-state index is -0.752. The van der Waals surface area contributed by atoms with Crippen LogP contribution in [0.2, 0.25) is 0 Å². The fourth-order valence-electron chi connectivity index (χ4n) is 4.19. The van der Waals surface area contributed by atoms with Gasteiger partial charge in [-0.2, -0.15) is 5.26 Å². The molecule has 2 saturated carbocycles. The van der Waals surface area contributed by atoms with Crippen LogP contribution in [0, 0.1) is 29.1 Å². The zero-order valence-corrected chi connectivity index (χ0v) is 13.2. The van der Waals surface area contributed by atoms with E-state index in [4.69, 9.17) is 9.15 Å². The summed E-state index contributed by atoms with van der Waals surface area (Å²) in [5, 5.41) is 17.2. The smallest absolute Gasteiger partial charge is 0.243 e. The van der Waals surface area contributed by atoms with Crippen molar-refractivity contribution < 1.29 is 13.9 Å². The Labute approximate surface area is 134 Å². The summed E-state index contributed by atoms with van der Waals surface area (Å²) >= 11 is 0. The Balaban J connectivity index is 1.30. The molecule has 1 aromatic rings. The summed E-state index contributed by atoms with van der Waals surface area (Å²) in [5.41, 5.74) is -0.774. The summed E-state index contributed by atoms with van der Waals surface area (Å²) in [7, 11) is 0. The van der Waals surface area contributed by atoms with Crippen LogP contribution in [0.15, 0.2) is 4.42 Å². The average Bonchev–Trinajstić information content (AvgIpc) is 2.79. The molecule has 1 spiro atoms. The van der Waals surface area contributed by atoms with Crippen LogP contribution < -0.4 is 0 Å². The second kappa shape index (κ2) is 5.03. The van der Waals surface area contributed by atoms with Crippen LogP contribution in [0.3, 0.4) is 0 Å². The number of amides is 1. The second-order valence-corrected chi connectivity index (χ2v) is 7.04. The van der Waals surface area contributed by atoms with Gasteiger partial charge in [-0.15, -0.1) is 10.2 Å². The van der Waals surface area contributed by atoms with Gasteiger partial charge < -0.3 is 14.1 Å². The second-order valence-electron chi connectivity index (χ2n) is 7.04. The molecule has 2 heterocycles. The third-order valence-corrected chi connectivity index (χ3v) is 5.65. The Kier molecular flexibility index (Phi) is 3.20. The van der Waals surface area contributed by atoms with Gasteiger partial charge in [-0.3, -0.25) is 4.79 Å². The molecule has 2 aliphatic carbocycles. The topological polar surface area (TPSA) is 92.3 Å². The van der Waals surface area contributed by atoms with Gasteiger partial charge in [0.05, 0.1) is 12.2 Å². The van der Waals surface area contributed by atoms with Crippen LogP contribution in [-0.4, -0.2) is 40.2 Å². The number of hydrogen-bond acceptors (Lipinski definition) is 6. The number of aromatic nitrogens is 2. The van der Waals surface area contributed by atoms with E-state index in [9.17, 15) is 10.1 Å². The van der Waals surface area contributed by atoms with Gasteiger partial charge in [-0.1, -0.05) is 12.8 Å². The first-order valence-electron chi connectivity index (χ1n) is 8.20. The molecule has 7 heteroatoms. The SMILES string of the molecule is Cc1nnc(COC2CN(C(=O)C3(C#N)CC34CCCC4)C2)o1. The standard InChI is InChI=1S/C16H20N4O3/c1-11-18-19-13(23-11)8-22-12-6-20(7-12)14(21)16(10-17)9-15(16)4-2-3-5-15/h12H,2-9H2,1H3. The van der Waals surface area contributed by atoms with E-state index in [2.05, 4.69) is 16.3 Å². The van der Waals surface area contributed by atoms with E-state index >= 15 is 0 Å². The summed E-state index contributed by atoms with van der Waals surface area (Å²) in [6.07, 6.45) is 5.07. The highest BCUT2D eigenvalue weighted by atomic mass is 16.5. The molecule has 122 valence electrons. The highest BCUT2D eigenvalue weighted by molar-refractivity contribution is 5.91.